The Kier molecular flexibility index (Phi) is 8.14. The maximum absolute atomic E-state index is 13.0. The van der Waals surface area contributed by atoms with Gasteiger partial charge < -0.3 is 4.74 Å². The molecular formula is C21H30N2O5S3. The molecule has 0 spiro atoms. The second-order valence-electron chi connectivity index (χ2n) is 7.66. The molecule has 1 aromatic heterocycles. The van der Waals surface area contributed by atoms with Gasteiger partial charge in [0.2, 0.25) is 10.0 Å². The molecule has 1 N–H and O–H groups in total. The maximum Gasteiger partial charge on any atom is 0.252 e. The summed E-state index contributed by atoms with van der Waals surface area (Å²) in [6, 6.07) is 7.94. The fourth-order valence-corrected chi connectivity index (χ4v) is 7.69. The first-order valence-corrected chi connectivity index (χ1v) is 14.3. The maximum atomic E-state index is 13.0. The van der Waals surface area contributed by atoms with Crippen LogP contribution in [0, 0.1) is 6.92 Å². The third kappa shape index (κ3) is 5.87. The SMILES string of the molecule is CCCOc1ccc(S(=O)(=O)NCCC2CCCCN2S(=O)(=O)c2cccs2)cc1C. The molecule has 0 radical (unpaired) electrons. The molecule has 0 bridgehead atoms. The van der Waals surface area contributed by atoms with Gasteiger partial charge in [-0.2, -0.15) is 4.31 Å². The molecule has 0 amide bonds. The van der Waals surface area contributed by atoms with Crippen LogP contribution in [0.25, 0.3) is 0 Å². The average Bonchev–Trinajstić information content (AvgIpc) is 3.29. The zero-order valence-electron chi connectivity index (χ0n) is 17.9. The van der Waals surface area contributed by atoms with Gasteiger partial charge in [-0.05, 0) is 67.8 Å². The van der Waals surface area contributed by atoms with Gasteiger partial charge in [-0.3, -0.25) is 0 Å². The van der Waals surface area contributed by atoms with Gasteiger partial charge in [0, 0.05) is 19.1 Å². The lowest BCUT2D eigenvalue weighted by atomic mass is 10.0. The highest BCUT2D eigenvalue weighted by atomic mass is 32.2. The lowest BCUT2D eigenvalue weighted by Crippen LogP contribution is -2.44. The second-order valence-corrected chi connectivity index (χ2v) is 12.5. The molecule has 0 aliphatic carbocycles. The Morgan fingerprint density at radius 1 is 1.19 bits per heavy atom. The summed E-state index contributed by atoms with van der Waals surface area (Å²) in [7, 11) is -7.23. The summed E-state index contributed by atoms with van der Waals surface area (Å²) in [5.74, 6) is 0.678. The first-order chi connectivity index (χ1) is 14.8. The Morgan fingerprint density at radius 3 is 2.68 bits per heavy atom. The molecular weight excluding hydrogens is 456 g/mol. The predicted octanol–water partition coefficient (Wildman–Crippen LogP) is 3.76. The van der Waals surface area contributed by atoms with Crippen LogP contribution in [0.4, 0.5) is 0 Å². The van der Waals surface area contributed by atoms with Crippen LogP contribution in [-0.4, -0.2) is 46.9 Å². The van der Waals surface area contributed by atoms with E-state index in [1.807, 2.05) is 13.8 Å². The van der Waals surface area contributed by atoms with E-state index in [4.69, 9.17) is 4.74 Å². The van der Waals surface area contributed by atoms with Crippen molar-refractivity contribution in [1.29, 1.82) is 0 Å². The Morgan fingerprint density at radius 2 is 2.00 bits per heavy atom. The summed E-state index contributed by atoms with van der Waals surface area (Å²) in [5.41, 5.74) is 0.761. The molecule has 0 saturated carbocycles. The fourth-order valence-electron chi connectivity index (χ4n) is 3.71. The van der Waals surface area contributed by atoms with Crippen molar-refractivity contribution in [1.82, 2.24) is 9.03 Å². The molecule has 1 fully saturated rings. The summed E-state index contributed by atoms with van der Waals surface area (Å²) in [4.78, 5) is 0.181. The Labute approximate surface area is 189 Å². The summed E-state index contributed by atoms with van der Waals surface area (Å²) in [5, 5.41) is 1.75. The van der Waals surface area contributed by atoms with Gasteiger partial charge >= 0.3 is 0 Å². The van der Waals surface area contributed by atoms with E-state index < -0.39 is 20.0 Å². The zero-order valence-corrected chi connectivity index (χ0v) is 20.4. The normalized spacial score (nSPS) is 18.2. The molecule has 2 heterocycles. The summed E-state index contributed by atoms with van der Waals surface area (Å²) in [6.45, 7) is 5.06. The number of ether oxygens (including phenoxy) is 1. The number of nitrogens with one attached hydrogen (secondary N) is 1. The van der Waals surface area contributed by atoms with E-state index in [1.165, 1.54) is 17.4 Å². The molecule has 7 nitrogen and oxygen atoms in total. The van der Waals surface area contributed by atoms with Gasteiger partial charge in [0.25, 0.3) is 10.0 Å². The van der Waals surface area contributed by atoms with Gasteiger partial charge in [0.15, 0.2) is 0 Å². The van der Waals surface area contributed by atoms with Crippen LogP contribution < -0.4 is 9.46 Å². The summed E-state index contributed by atoms with van der Waals surface area (Å²) in [6.07, 6.45) is 3.79. The smallest absolute Gasteiger partial charge is 0.252 e. The highest BCUT2D eigenvalue weighted by Gasteiger charge is 2.34. The van der Waals surface area contributed by atoms with Crippen molar-refractivity contribution in [3.05, 3.63) is 41.3 Å². The predicted molar refractivity (Wildman–Crippen MR) is 123 cm³/mol. The van der Waals surface area contributed by atoms with Crippen molar-refractivity contribution in [2.45, 2.75) is 61.1 Å². The zero-order chi connectivity index (χ0) is 22.5. The number of piperidine rings is 1. The molecule has 172 valence electrons. The lowest BCUT2D eigenvalue weighted by molar-refractivity contribution is 0.242. The van der Waals surface area contributed by atoms with Crippen molar-refractivity contribution >= 4 is 31.4 Å². The molecule has 31 heavy (non-hydrogen) atoms. The topological polar surface area (TPSA) is 92.8 Å². The number of sulfonamides is 2. The Bertz CT molecular complexity index is 1070. The summed E-state index contributed by atoms with van der Waals surface area (Å²) < 4.78 is 61.5. The Balaban J connectivity index is 1.64. The van der Waals surface area contributed by atoms with Crippen LogP contribution in [0.5, 0.6) is 5.75 Å². The number of aryl methyl sites for hydroxylation is 1. The highest BCUT2D eigenvalue weighted by Crippen LogP contribution is 2.29. The highest BCUT2D eigenvalue weighted by molar-refractivity contribution is 7.91. The molecule has 2 aromatic rings. The molecule has 1 unspecified atom stereocenters. The minimum atomic E-state index is -3.69. The quantitative estimate of drug-likeness (QED) is 0.552. The van der Waals surface area contributed by atoms with Crippen LogP contribution in [0.3, 0.4) is 0 Å². The number of nitrogens with zero attached hydrogens (tertiary/aromatic N) is 1. The number of hydrogen-bond donors (Lipinski definition) is 1. The van der Waals surface area contributed by atoms with E-state index in [1.54, 1.807) is 34.0 Å². The first kappa shape index (κ1) is 24.2. The average molecular weight is 487 g/mol. The molecule has 1 aliphatic heterocycles. The van der Waals surface area contributed by atoms with E-state index in [2.05, 4.69) is 4.72 Å². The summed E-state index contributed by atoms with van der Waals surface area (Å²) >= 11 is 1.21. The number of rotatable bonds is 10. The minimum Gasteiger partial charge on any atom is -0.493 e. The second kappa shape index (κ2) is 10.4. The number of thiophene rings is 1. The van der Waals surface area contributed by atoms with E-state index in [9.17, 15) is 16.8 Å². The van der Waals surface area contributed by atoms with Crippen molar-refractivity contribution in [3.8, 4) is 5.75 Å². The molecule has 1 aliphatic rings. The minimum absolute atomic E-state index is 0.177. The van der Waals surface area contributed by atoms with E-state index in [0.29, 0.717) is 29.5 Å². The number of hydrogen-bond acceptors (Lipinski definition) is 6. The van der Waals surface area contributed by atoms with Gasteiger partial charge in [-0.25, -0.2) is 21.6 Å². The van der Waals surface area contributed by atoms with E-state index in [0.717, 1.165) is 31.2 Å². The molecule has 1 aromatic carbocycles. The van der Waals surface area contributed by atoms with Crippen LogP contribution in [0.15, 0.2) is 44.8 Å². The van der Waals surface area contributed by atoms with E-state index >= 15 is 0 Å². The van der Waals surface area contributed by atoms with Gasteiger partial charge in [0.05, 0.1) is 11.5 Å². The lowest BCUT2D eigenvalue weighted by Gasteiger charge is -2.34. The third-order valence-electron chi connectivity index (χ3n) is 5.32. The van der Waals surface area contributed by atoms with E-state index in [-0.39, 0.29) is 17.5 Å². The monoisotopic (exact) mass is 486 g/mol. The van der Waals surface area contributed by atoms with Crippen molar-refractivity contribution in [3.63, 3.8) is 0 Å². The van der Waals surface area contributed by atoms with Crippen LogP contribution in [0.1, 0.15) is 44.6 Å². The third-order valence-corrected chi connectivity index (χ3v) is 10.1. The van der Waals surface area contributed by atoms with Gasteiger partial charge in [-0.1, -0.05) is 19.4 Å². The van der Waals surface area contributed by atoms with Crippen molar-refractivity contribution in [2.24, 2.45) is 0 Å². The van der Waals surface area contributed by atoms with Crippen LogP contribution in [0.2, 0.25) is 0 Å². The van der Waals surface area contributed by atoms with Gasteiger partial charge in [0.1, 0.15) is 9.96 Å². The van der Waals surface area contributed by atoms with Crippen molar-refractivity contribution < 1.29 is 21.6 Å². The standard InChI is InChI=1S/C21H30N2O5S3/c1-3-14-28-20-10-9-19(16-17(20)2)30(24,25)22-12-11-18-7-4-5-13-23(18)31(26,27)21-8-6-15-29-21/h6,8-10,15-16,18,22H,3-5,7,11-14H2,1-2H3. The largest absolute Gasteiger partial charge is 0.493 e. The van der Waals surface area contributed by atoms with Gasteiger partial charge in [-0.15, -0.1) is 11.3 Å². The number of benzene rings is 1. The fraction of sp³-hybridized carbons (Fsp3) is 0.524. The molecule has 1 saturated heterocycles. The molecule has 3 rings (SSSR count). The van der Waals surface area contributed by atoms with Crippen LogP contribution in [-0.2, 0) is 20.0 Å². The molecule has 1 atom stereocenters. The Hall–Kier alpha value is -1.46. The molecule has 10 heteroatoms. The first-order valence-electron chi connectivity index (χ1n) is 10.5. The van der Waals surface area contributed by atoms with Crippen molar-refractivity contribution in [2.75, 3.05) is 19.7 Å². The van der Waals surface area contributed by atoms with Crippen LogP contribution >= 0.6 is 11.3 Å².